The monoisotopic (exact) mass is 283 g/mol. The van der Waals surface area contributed by atoms with E-state index >= 15 is 0 Å². The summed E-state index contributed by atoms with van der Waals surface area (Å²) in [4.78, 5) is 10.6. The second-order valence-corrected chi connectivity index (χ2v) is 5.03. The summed E-state index contributed by atoms with van der Waals surface area (Å²) in [5.74, 6) is -0.170. The molecule has 0 unspecified atom stereocenters. The predicted molar refractivity (Wildman–Crippen MR) is 74.1 cm³/mol. The lowest BCUT2D eigenvalue weighted by Crippen LogP contribution is -2.42. The average Bonchev–Trinajstić information content (AvgIpc) is 2.42. The third-order valence-corrected chi connectivity index (χ3v) is 2.77. The van der Waals surface area contributed by atoms with Gasteiger partial charge in [-0.3, -0.25) is 0 Å². The van der Waals surface area contributed by atoms with E-state index in [1.807, 2.05) is 19.9 Å². The molecule has 112 valence electrons. The van der Waals surface area contributed by atoms with Crippen LogP contribution in [0.5, 0.6) is 11.5 Å². The highest BCUT2D eigenvalue weighted by molar-refractivity contribution is 5.68. The maximum Gasteiger partial charge on any atom is 0.341 e. The molecular formula is C14H21NO5. The van der Waals surface area contributed by atoms with Crippen LogP contribution in [-0.2, 0) is 11.3 Å². The minimum atomic E-state index is -1.05. The number of hydrogen-bond donors (Lipinski definition) is 3. The molecule has 0 saturated carbocycles. The van der Waals surface area contributed by atoms with Crippen LogP contribution in [-0.4, -0.2) is 42.0 Å². The Balaban J connectivity index is 2.90. The third kappa shape index (κ3) is 4.71. The van der Waals surface area contributed by atoms with Crippen molar-refractivity contribution < 1.29 is 24.5 Å². The van der Waals surface area contributed by atoms with Crippen LogP contribution in [0.25, 0.3) is 0 Å². The van der Waals surface area contributed by atoms with Crippen LogP contribution >= 0.6 is 0 Å². The number of benzene rings is 1. The Hall–Kier alpha value is -1.79. The standard InChI is InChI=1S/C14H21NO5/c1-14(2,9-16)15-7-10-5-4-6-11(19-3)13(10)20-8-12(17)18/h4-6,15-16H,7-9H2,1-3H3,(H,17,18). The fourth-order valence-corrected chi connectivity index (χ4v) is 1.55. The molecule has 0 atom stereocenters. The molecule has 0 bridgehead atoms. The van der Waals surface area contributed by atoms with Crippen molar-refractivity contribution in [2.24, 2.45) is 0 Å². The second-order valence-electron chi connectivity index (χ2n) is 5.03. The van der Waals surface area contributed by atoms with Crippen molar-refractivity contribution in [1.29, 1.82) is 0 Å². The van der Waals surface area contributed by atoms with Gasteiger partial charge in [0.05, 0.1) is 13.7 Å². The summed E-state index contributed by atoms with van der Waals surface area (Å²) in [7, 11) is 1.50. The van der Waals surface area contributed by atoms with Crippen LogP contribution in [0, 0.1) is 0 Å². The molecule has 0 saturated heterocycles. The number of carbonyl (C=O) groups is 1. The molecule has 0 amide bonds. The van der Waals surface area contributed by atoms with Gasteiger partial charge in [0.25, 0.3) is 0 Å². The molecule has 1 aromatic rings. The van der Waals surface area contributed by atoms with Gasteiger partial charge in [-0.15, -0.1) is 0 Å². The minimum Gasteiger partial charge on any atom is -0.493 e. The number of aliphatic carboxylic acids is 1. The number of aliphatic hydroxyl groups is 1. The molecule has 3 N–H and O–H groups in total. The van der Waals surface area contributed by atoms with Crippen molar-refractivity contribution in [2.75, 3.05) is 20.3 Å². The molecule has 1 rings (SSSR count). The summed E-state index contributed by atoms with van der Waals surface area (Å²) >= 11 is 0. The fraction of sp³-hybridized carbons (Fsp3) is 0.500. The van der Waals surface area contributed by atoms with Crippen molar-refractivity contribution >= 4 is 5.97 Å². The first-order valence-electron chi connectivity index (χ1n) is 6.26. The summed E-state index contributed by atoms with van der Waals surface area (Å²) in [6.45, 7) is 3.72. The molecule has 0 aliphatic heterocycles. The van der Waals surface area contributed by atoms with Crippen molar-refractivity contribution in [3.63, 3.8) is 0 Å². The van der Waals surface area contributed by atoms with Crippen LogP contribution in [0.1, 0.15) is 19.4 Å². The average molecular weight is 283 g/mol. The van der Waals surface area contributed by atoms with Crippen LogP contribution in [0.4, 0.5) is 0 Å². The number of para-hydroxylation sites is 1. The smallest absolute Gasteiger partial charge is 0.341 e. The molecule has 0 spiro atoms. The summed E-state index contributed by atoms with van der Waals surface area (Å²) in [5.41, 5.74) is 0.333. The van der Waals surface area contributed by atoms with Gasteiger partial charge in [-0.2, -0.15) is 0 Å². The maximum atomic E-state index is 10.6. The lowest BCUT2D eigenvalue weighted by atomic mass is 10.1. The Morgan fingerprint density at radius 1 is 1.40 bits per heavy atom. The molecule has 6 heteroatoms. The normalized spacial score (nSPS) is 11.2. The summed E-state index contributed by atoms with van der Waals surface area (Å²) in [6.07, 6.45) is 0. The van der Waals surface area contributed by atoms with Gasteiger partial charge in [-0.25, -0.2) is 4.79 Å². The number of carboxylic acids is 1. The van der Waals surface area contributed by atoms with Gasteiger partial charge in [0.2, 0.25) is 0 Å². The van der Waals surface area contributed by atoms with Crippen molar-refractivity contribution in [1.82, 2.24) is 5.32 Å². The van der Waals surface area contributed by atoms with E-state index in [1.165, 1.54) is 7.11 Å². The zero-order valence-corrected chi connectivity index (χ0v) is 12.0. The quantitative estimate of drug-likeness (QED) is 0.660. The number of ether oxygens (including phenoxy) is 2. The largest absolute Gasteiger partial charge is 0.493 e. The van der Waals surface area contributed by atoms with Crippen LogP contribution < -0.4 is 14.8 Å². The van der Waals surface area contributed by atoms with Crippen molar-refractivity contribution in [3.8, 4) is 11.5 Å². The van der Waals surface area contributed by atoms with Crippen molar-refractivity contribution in [2.45, 2.75) is 25.9 Å². The molecule has 0 heterocycles. The van der Waals surface area contributed by atoms with E-state index in [0.29, 0.717) is 18.0 Å². The summed E-state index contributed by atoms with van der Waals surface area (Å²) < 4.78 is 10.5. The third-order valence-electron chi connectivity index (χ3n) is 2.77. The highest BCUT2D eigenvalue weighted by Crippen LogP contribution is 2.31. The van der Waals surface area contributed by atoms with Gasteiger partial charge in [-0.05, 0) is 19.9 Å². The predicted octanol–water partition coefficient (Wildman–Crippen LogP) is 1.02. The Kier molecular flexibility index (Phi) is 5.79. The van der Waals surface area contributed by atoms with Crippen molar-refractivity contribution in [3.05, 3.63) is 23.8 Å². The highest BCUT2D eigenvalue weighted by atomic mass is 16.5. The molecule has 0 radical (unpaired) electrons. The SMILES string of the molecule is COc1cccc(CNC(C)(C)CO)c1OCC(=O)O. The molecule has 20 heavy (non-hydrogen) atoms. The molecular weight excluding hydrogens is 262 g/mol. The number of carboxylic acid groups (broad SMARTS) is 1. The zero-order chi connectivity index (χ0) is 15.2. The highest BCUT2D eigenvalue weighted by Gasteiger charge is 2.18. The first-order chi connectivity index (χ1) is 9.39. The van der Waals surface area contributed by atoms with E-state index in [2.05, 4.69) is 5.32 Å². The van der Waals surface area contributed by atoms with Crippen LogP contribution in [0.15, 0.2) is 18.2 Å². The Labute approximate surface area is 118 Å². The van der Waals surface area contributed by atoms with E-state index in [-0.39, 0.29) is 6.61 Å². The van der Waals surface area contributed by atoms with Gasteiger partial charge in [0.1, 0.15) is 0 Å². The maximum absolute atomic E-state index is 10.6. The molecule has 6 nitrogen and oxygen atoms in total. The molecule has 0 aliphatic carbocycles. The topological polar surface area (TPSA) is 88.0 Å². The molecule has 0 aliphatic rings. The number of nitrogens with one attached hydrogen (secondary N) is 1. The van der Waals surface area contributed by atoms with Crippen LogP contribution in [0.2, 0.25) is 0 Å². The van der Waals surface area contributed by atoms with E-state index in [1.54, 1.807) is 12.1 Å². The van der Waals surface area contributed by atoms with Gasteiger partial charge < -0.3 is 25.0 Å². The lowest BCUT2D eigenvalue weighted by Gasteiger charge is -2.24. The Morgan fingerprint density at radius 3 is 2.65 bits per heavy atom. The van der Waals surface area contributed by atoms with E-state index < -0.39 is 18.1 Å². The molecule has 0 aromatic heterocycles. The summed E-state index contributed by atoms with van der Waals surface area (Å²) in [5, 5.41) is 21.1. The van der Waals surface area contributed by atoms with E-state index in [0.717, 1.165) is 5.56 Å². The van der Waals surface area contributed by atoms with E-state index in [4.69, 9.17) is 14.6 Å². The number of methoxy groups -OCH3 is 1. The Morgan fingerprint density at radius 2 is 2.10 bits per heavy atom. The zero-order valence-electron chi connectivity index (χ0n) is 12.0. The number of rotatable bonds is 8. The van der Waals surface area contributed by atoms with Gasteiger partial charge >= 0.3 is 5.97 Å². The first-order valence-corrected chi connectivity index (χ1v) is 6.26. The lowest BCUT2D eigenvalue weighted by molar-refractivity contribution is -0.139. The molecule has 1 aromatic carbocycles. The van der Waals surface area contributed by atoms with Gasteiger partial charge in [-0.1, -0.05) is 12.1 Å². The summed E-state index contributed by atoms with van der Waals surface area (Å²) in [6, 6.07) is 5.33. The van der Waals surface area contributed by atoms with Gasteiger partial charge in [0, 0.05) is 17.6 Å². The second kappa shape index (κ2) is 7.12. The first kappa shape index (κ1) is 16.3. The number of hydrogen-bond acceptors (Lipinski definition) is 5. The number of aliphatic hydroxyl groups excluding tert-OH is 1. The van der Waals surface area contributed by atoms with Crippen LogP contribution in [0.3, 0.4) is 0 Å². The minimum absolute atomic E-state index is 0.0116. The molecule has 0 fully saturated rings. The van der Waals surface area contributed by atoms with E-state index in [9.17, 15) is 9.90 Å². The van der Waals surface area contributed by atoms with Gasteiger partial charge in [0.15, 0.2) is 18.1 Å². The Bertz CT molecular complexity index is 459. The fourth-order valence-electron chi connectivity index (χ4n) is 1.55.